The number of ether oxygens (including phenoxy) is 1. The van der Waals surface area contributed by atoms with Crippen LogP contribution in [0.5, 0.6) is 5.75 Å². The number of amides is 1. The molecule has 0 aliphatic rings. The normalized spacial score (nSPS) is 11.9. The molecule has 0 aliphatic heterocycles. The first kappa shape index (κ1) is 11.9. The first-order valence-electron chi connectivity index (χ1n) is 4.72. The summed E-state index contributed by atoms with van der Waals surface area (Å²) in [5.74, 6) is 0.724. The van der Waals surface area contributed by atoms with E-state index in [1.807, 2.05) is 24.3 Å². The Bertz CT molecular complexity index is 339. The van der Waals surface area contributed by atoms with E-state index in [4.69, 9.17) is 4.74 Å². The number of methoxy groups -OCH3 is 1. The van der Waals surface area contributed by atoms with Crippen LogP contribution < -0.4 is 10.1 Å². The van der Waals surface area contributed by atoms with Crippen LogP contribution in [-0.4, -0.2) is 18.3 Å². The van der Waals surface area contributed by atoms with Crippen molar-refractivity contribution in [1.82, 2.24) is 5.32 Å². The van der Waals surface area contributed by atoms with Crippen molar-refractivity contribution in [2.75, 3.05) is 7.11 Å². The van der Waals surface area contributed by atoms with E-state index >= 15 is 0 Å². The molecule has 82 valence electrons. The van der Waals surface area contributed by atoms with Gasteiger partial charge in [-0.15, -0.1) is 0 Å². The molecule has 1 aromatic rings. The highest BCUT2D eigenvalue weighted by atomic mass is 32.1. The largest absolute Gasteiger partial charge is 0.497 e. The number of rotatable bonds is 4. The maximum absolute atomic E-state index is 11.3. The zero-order valence-corrected chi connectivity index (χ0v) is 9.75. The minimum atomic E-state index is -0.282. The quantitative estimate of drug-likeness (QED) is 0.764. The third kappa shape index (κ3) is 3.83. The molecule has 1 N–H and O–H groups in total. The molecule has 0 heterocycles. The summed E-state index contributed by atoms with van der Waals surface area (Å²) < 4.78 is 5.08. The van der Waals surface area contributed by atoms with Crippen molar-refractivity contribution in [3.8, 4) is 5.75 Å². The van der Waals surface area contributed by atoms with Crippen molar-refractivity contribution >= 4 is 18.5 Å². The average molecular weight is 225 g/mol. The van der Waals surface area contributed by atoms with Gasteiger partial charge in [0.15, 0.2) is 0 Å². The average Bonchev–Trinajstić information content (AvgIpc) is 2.26. The topological polar surface area (TPSA) is 38.3 Å². The fourth-order valence-corrected chi connectivity index (χ4v) is 1.21. The van der Waals surface area contributed by atoms with Gasteiger partial charge in [0.25, 0.3) is 0 Å². The van der Waals surface area contributed by atoms with E-state index in [-0.39, 0.29) is 11.2 Å². The lowest BCUT2D eigenvalue weighted by Crippen LogP contribution is -2.29. The van der Waals surface area contributed by atoms with Crippen LogP contribution in [0.15, 0.2) is 24.3 Å². The lowest BCUT2D eigenvalue weighted by atomic mass is 10.2. The van der Waals surface area contributed by atoms with Crippen molar-refractivity contribution in [1.29, 1.82) is 0 Å². The number of carbonyl (C=O) groups is 1. The summed E-state index contributed by atoms with van der Waals surface area (Å²) in [7, 11) is 1.62. The van der Waals surface area contributed by atoms with Crippen LogP contribution in [0.3, 0.4) is 0 Å². The Kier molecular flexibility index (Phi) is 4.49. The Morgan fingerprint density at radius 3 is 2.93 bits per heavy atom. The summed E-state index contributed by atoms with van der Waals surface area (Å²) in [6, 6.07) is 7.59. The molecule has 0 radical (unpaired) electrons. The van der Waals surface area contributed by atoms with Gasteiger partial charge in [0.05, 0.1) is 12.4 Å². The van der Waals surface area contributed by atoms with E-state index in [2.05, 4.69) is 17.9 Å². The molecule has 4 heteroatoms. The molecule has 0 aliphatic carbocycles. The molecule has 15 heavy (non-hydrogen) atoms. The van der Waals surface area contributed by atoms with Gasteiger partial charge in [-0.25, -0.2) is 0 Å². The van der Waals surface area contributed by atoms with Crippen LogP contribution in [-0.2, 0) is 11.3 Å². The van der Waals surface area contributed by atoms with Crippen LogP contribution in [0.25, 0.3) is 0 Å². The van der Waals surface area contributed by atoms with Crippen molar-refractivity contribution in [2.45, 2.75) is 18.7 Å². The molecule has 3 nitrogen and oxygen atoms in total. The third-order valence-electron chi connectivity index (χ3n) is 1.98. The minimum Gasteiger partial charge on any atom is -0.497 e. The van der Waals surface area contributed by atoms with E-state index in [1.54, 1.807) is 14.0 Å². The second-order valence-corrected chi connectivity index (χ2v) is 4.02. The van der Waals surface area contributed by atoms with Gasteiger partial charge in [0.1, 0.15) is 5.75 Å². The minimum absolute atomic E-state index is 0.0684. The first-order valence-corrected chi connectivity index (χ1v) is 5.24. The van der Waals surface area contributed by atoms with Gasteiger partial charge >= 0.3 is 0 Å². The predicted octanol–water partition coefficient (Wildman–Crippen LogP) is 1.63. The lowest BCUT2D eigenvalue weighted by Gasteiger charge is -2.08. The Morgan fingerprint density at radius 2 is 2.33 bits per heavy atom. The van der Waals surface area contributed by atoms with E-state index in [1.165, 1.54) is 0 Å². The first-order chi connectivity index (χ1) is 7.13. The fraction of sp³-hybridized carbons (Fsp3) is 0.364. The van der Waals surface area contributed by atoms with Gasteiger partial charge in [0, 0.05) is 6.54 Å². The number of nitrogens with one attached hydrogen (secondary N) is 1. The molecule has 1 amide bonds. The van der Waals surface area contributed by atoms with Gasteiger partial charge in [-0.2, -0.15) is 12.6 Å². The van der Waals surface area contributed by atoms with Crippen molar-refractivity contribution in [2.24, 2.45) is 0 Å². The number of hydrogen-bond acceptors (Lipinski definition) is 3. The monoisotopic (exact) mass is 225 g/mol. The van der Waals surface area contributed by atoms with Crippen LogP contribution in [0, 0.1) is 0 Å². The molecule has 0 spiro atoms. The van der Waals surface area contributed by atoms with Gasteiger partial charge in [0.2, 0.25) is 5.91 Å². The molecule has 1 aromatic carbocycles. The lowest BCUT2D eigenvalue weighted by molar-refractivity contribution is -0.120. The van der Waals surface area contributed by atoms with Crippen LogP contribution in [0.4, 0.5) is 0 Å². The summed E-state index contributed by atoms with van der Waals surface area (Å²) >= 11 is 4.04. The molecule has 0 fully saturated rings. The zero-order valence-electron chi connectivity index (χ0n) is 8.86. The predicted molar refractivity (Wildman–Crippen MR) is 63.3 cm³/mol. The van der Waals surface area contributed by atoms with E-state index in [9.17, 15) is 4.79 Å². The fourth-order valence-electron chi connectivity index (χ4n) is 1.12. The van der Waals surface area contributed by atoms with Crippen LogP contribution >= 0.6 is 12.6 Å². The molecule has 0 aromatic heterocycles. The van der Waals surface area contributed by atoms with E-state index in [0.29, 0.717) is 6.54 Å². The number of thiol groups is 1. The summed E-state index contributed by atoms with van der Waals surface area (Å²) in [6.45, 7) is 2.24. The molecule has 1 unspecified atom stereocenters. The highest BCUT2D eigenvalue weighted by Crippen LogP contribution is 2.12. The van der Waals surface area contributed by atoms with E-state index < -0.39 is 0 Å². The highest BCUT2D eigenvalue weighted by Gasteiger charge is 2.06. The Labute approximate surface area is 95.2 Å². The summed E-state index contributed by atoms with van der Waals surface area (Å²) in [5.41, 5.74) is 1.01. The van der Waals surface area contributed by atoms with E-state index in [0.717, 1.165) is 11.3 Å². The third-order valence-corrected chi connectivity index (χ3v) is 2.21. The highest BCUT2D eigenvalue weighted by molar-refractivity contribution is 7.81. The van der Waals surface area contributed by atoms with Crippen molar-refractivity contribution < 1.29 is 9.53 Å². The molecule has 1 atom stereocenters. The van der Waals surface area contributed by atoms with Gasteiger partial charge in [-0.05, 0) is 24.6 Å². The number of hydrogen-bond donors (Lipinski definition) is 2. The van der Waals surface area contributed by atoms with Crippen molar-refractivity contribution in [3.63, 3.8) is 0 Å². The van der Waals surface area contributed by atoms with Crippen LogP contribution in [0.2, 0.25) is 0 Å². The van der Waals surface area contributed by atoms with Crippen LogP contribution in [0.1, 0.15) is 12.5 Å². The van der Waals surface area contributed by atoms with Gasteiger partial charge < -0.3 is 10.1 Å². The summed E-state index contributed by atoms with van der Waals surface area (Å²) in [4.78, 5) is 11.3. The molecule has 0 saturated heterocycles. The molecule has 1 rings (SSSR count). The number of carbonyl (C=O) groups excluding carboxylic acids is 1. The molecular formula is C11H15NO2S. The molecule has 0 saturated carbocycles. The maximum atomic E-state index is 11.3. The second-order valence-electron chi connectivity index (χ2n) is 3.25. The summed E-state index contributed by atoms with van der Waals surface area (Å²) in [6.07, 6.45) is 0. The Morgan fingerprint density at radius 1 is 1.60 bits per heavy atom. The Balaban J connectivity index is 2.54. The maximum Gasteiger partial charge on any atom is 0.232 e. The smallest absolute Gasteiger partial charge is 0.232 e. The zero-order chi connectivity index (χ0) is 11.3. The summed E-state index contributed by atoms with van der Waals surface area (Å²) in [5, 5.41) is 2.50. The van der Waals surface area contributed by atoms with Gasteiger partial charge in [-0.1, -0.05) is 12.1 Å². The molecular weight excluding hydrogens is 210 g/mol. The van der Waals surface area contributed by atoms with Gasteiger partial charge in [-0.3, -0.25) is 4.79 Å². The second kappa shape index (κ2) is 5.66. The standard InChI is InChI=1S/C11H15NO2S/c1-8(15)11(13)12-7-9-4-3-5-10(6-9)14-2/h3-6,8,15H,7H2,1-2H3,(H,12,13). The van der Waals surface area contributed by atoms with Crippen molar-refractivity contribution in [3.05, 3.63) is 29.8 Å². The Hall–Kier alpha value is -1.16. The SMILES string of the molecule is COc1cccc(CNC(=O)C(C)S)c1. The number of benzene rings is 1. The molecule has 0 bridgehead atoms.